The van der Waals surface area contributed by atoms with Gasteiger partial charge in [0.1, 0.15) is 12.4 Å². The number of aromatic nitrogens is 4. The number of carbonyl (C=O) groups is 1. The van der Waals surface area contributed by atoms with E-state index in [1.807, 2.05) is 13.0 Å². The molecule has 0 saturated carbocycles. The molecule has 0 bridgehead atoms. The van der Waals surface area contributed by atoms with Crippen molar-refractivity contribution in [3.05, 3.63) is 48.2 Å². The van der Waals surface area contributed by atoms with E-state index in [-0.39, 0.29) is 37.4 Å². The zero-order valence-corrected chi connectivity index (χ0v) is 20.2. The fourth-order valence-corrected chi connectivity index (χ4v) is 4.25. The average Bonchev–Trinajstić information content (AvgIpc) is 3.38. The number of anilines is 1. The first-order valence-electron chi connectivity index (χ1n) is 11.9. The monoisotopic (exact) mass is 507 g/mol. The van der Waals surface area contributed by atoms with Crippen LogP contribution in [0, 0.1) is 22.6 Å². The Balaban J connectivity index is 1.41. The average molecular weight is 508 g/mol. The molecule has 2 N–H and O–H groups in total. The molecule has 37 heavy (non-hydrogen) atoms. The van der Waals surface area contributed by atoms with E-state index in [9.17, 15) is 9.18 Å². The minimum absolute atomic E-state index is 0.0280. The smallest absolute Gasteiger partial charge is 0.233 e. The fraction of sp³-hybridized carbons (Fsp3) is 0.400. The Labute approximate surface area is 212 Å². The number of halogens is 1. The van der Waals surface area contributed by atoms with Gasteiger partial charge in [0.2, 0.25) is 18.1 Å². The summed E-state index contributed by atoms with van der Waals surface area (Å²) < 4.78 is 30.9. The number of hydrogen-bond acceptors (Lipinski definition) is 9. The van der Waals surface area contributed by atoms with Crippen molar-refractivity contribution >= 4 is 11.9 Å². The molecule has 2 fully saturated rings. The minimum Gasteiger partial charge on any atom is -0.378 e. The first-order chi connectivity index (χ1) is 18.0. The lowest BCUT2D eigenvalue weighted by Gasteiger charge is -2.39. The number of nitriles is 1. The Morgan fingerprint density at radius 3 is 2.65 bits per heavy atom. The molecule has 0 atom stereocenters. The Morgan fingerprint density at radius 2 is 1.95 bits per heavy atom. The van der Waals surface area contributed by atoms with Crippen molar-refractivity contribution in [3.63, 3.8) is 0 Å². The van der Waals surface area contributed by atoms with E-state index in [4.69, 9.17) is 24.5 Å². The summed E-state index contributed by atoms with van der Waals surface area (Å²) in [5.74, 6) is 0.275. The number of nitrogens with one attached hydrogen (secondary N) is 2. The van der Waals surface area contributed by atoms with E-state index in [0.29, 0.717) is 54.8 Å². The Morgan fingerprint density at radius 1 is 1.22 bits per heavy atom. The van der Waals surface area contributed by atoms with Gasteiger partial charge in [-0.3, -0.25) is 4.79 Å². The van der Waals surface area contributed by atoms with Crippen LogP contribution in [0.2, 0.25) is 0 Å². The number of hydrogen-bond donors (Lipinski definition) is 2. The zero-order valence-electron chi connectivity index (χ0n) is 20.2. The molecule has 192 valence electrons. The molecular weight excluding hydrogens is 481 g/mol. The molecule has 3 aromatic rings. The van der Waals surface area contributed by atoms with Crippen LogP contribution in [0.15, 0.2) is 36.5 Å². The molecule has 0 aliphatic carbocycles. The molecule has 4 heterocycles. The molecule has 0 radical (unpaired) electrons. The van der Waals surface area contributed by atoms with Crippen molar-refractivity contribution in [2.75, 3.05) is 51.4 Å². The fourth-order valence-electron chi connectivity index (χ4n) is 4.25. The van der Waals surface area contributed by atoms with Gasteiger partial charge in [0.15, 0.2) is 5.82 Å². The largest absolute Gasteiger partial charge is 0.378 e. The molecule has 1 amide bonds. The highest BCUT2D eigenvalue weighted by Crippen LogP contribution is 2.36. The number of morpholine rings is 1. The molecule has 2 aliphatic heterocycles. The highest BCUT2D eigenvalue weighted by molar-refractivity contribution is 5.83. The third-order valence-electron chi connectivity index (χ3n) is 6.22. The summed E-state index contributed by atoms with van der Waals surface area (Å²) in [6.07, 6.45) is 0.726. The van der Waals surface area contributed by atoms with E-state index >= 15 is 0 Å². The van der Waals surface area contributed by atoms with Crippen LogP contribution in [-0.4, -0.2) is 76.8 Å². The summed E-state index contributed by atoms with van der Waals surface area (Å²) in [6, 6.07) is 9.63. The number of nitrogens with zero attached hydrogens (tertiary/aromatic N) is 5. The van der Waals surface area contributed by atoms with Gasteiger partial charge in [-0.15, -0.1) is 0 Å². The van der Waals surface area contributed by atoms with Crippen molar-refractivity contribution in [1.29, 1.82) is 5.26 Å². The number of aromatic amines is 1. The lowest BCUT2D eigenvalue weighted by atomic mass is 9.90. The second kappa shape index (κ2) is 10.6. The topological polar surface area (TPSA) is 138 Å². The van der Waals surface area contributed by atoms with Crippen LogP contribution in [0.25, 0.3) is 22.6 Å². The SMILES string of the molecule is CC1(C(=O)N2CCOCC2)COC(c2nc(-c3ccc(F)cc3)c(-c3ccnc(NCC#N)n3)[nH]2)OC1. The number of carbonyl (C=O) groups excluding carboxylic acids is 1. The molecule has 0 spiro atoms. The third kappa shape index (κ3) is 5.29. The van der Waals surface area contributed by atoms with Crippen LogP contribution >= 0.6 is 0 Å². The van der Waals surface area contributed by atoms with Gasteiger partial charge in [-0.05, 0) is 37.3 Å². The molecule has 2 aliphatic rings. The molecular formula is C25H26FN7O4. The van der Waals surface area contributed by atoms with Crippen molar-refractivity contribution in [3.8, 4) is 28.7 Å². The minimum atomic E-state index is -0.837. The molecule has 2 aromatic heterocycles. The highest BCUT2D eigenvalue weighted by atomic mass is 19.1. The van der Waals surface area contributed by atoms with Crippen LogP contribution in [0.4, 0.5) is 10.3 Å². The van der Waals surface area contributed by atoms with Crippen LogP contribution in [0.3, 0.4) is 0 Å². The number of amides is 1. The summed E-state index contributed by atoms with van der Waals surface area (Å²) in [5.41, 5.74) is 1.42. The number of ether oxygens (including phenoxy) is 3. The number of benzene rings is 1. The zero-order chi connectivity index (χ0) is 25.8. The standard InChI is InChI=1S/C25H26FN7O4/c1-25(23(34)33-10-12-35-13-11-33)14-36-22(37-15-25)21-31-19(16-2-4-17(26)5-3-16)20(32-21)18-6-8-28-24(30-18)29-9-7-27/h2-6,8,22H,9-15H2,1H3,(H,31,32)(H,28,29,30). The molecule has 12 heteroatoms. The molecule has 5 rings (SSSR count). The second-order valence-electron chi connectivity index (χ2n) is 9.05. The summed E-state index contributed by atoms with van der Waals surface area (Å²) >= 11 is 0. The van der Waals surface area contributed by atoms with Gasteiger partial charge in [0, 0.05) is 24.8 Å². The normalized spacial score (nSPS) is 21.9. The first-order valence-corrected chi connectivity index (χ1v) is 11.9. The molecule has 0 unspecified atom stereocenters. The quantitative estimate of drug-likeness (QED) is 0.482. The van der Waals surface area contributed by atoms with E-state index in [2.05, 4.69) is 20.3 Å². The van der Waals surface area contributed by atoms with Gasteiger partial charge >= 0.3 is 0 Å². The van der Waals surface area contributed by atoms with Crippen LogP contribution < -0.4 is 5.32 Å². The van der Waals surface area contributed by atoms with Gasteiger partial charge in [0.05, 0.1) is 55.0 Å². The second-order valence-corrected chi connectivity index (χ2v) is 9.05. The Kier molecular flexibility index (Phi) is 7.09. The van der Waals surface area contributed by atoms with E-state index in [0.717, 1.165) is 0 Å². The summed E-state index contributed by atoms with van der Waals surface area (Å²) in [7, 11) is 0. The van der Waals surface area contributed by atoms with Gasteiger partial charge in [-0.1, -0.05) is 0 Å². The number of H-pyrrole nitrogens is 1. The lowest BCUT2D eigenvalue weighted by molar-refractivity contribution is -0.235. The van der Waals surface area contributed by atoms with Crippen molar-refractivity contribution in [2.24, 2.45) is 5.41 Å². The molecule has 2 saturated heterocycles. The third-order valence-corrected chi connectivity index (χ3v) is 6.22. The Hall–Kier alpha value is -3.92. The van der Waals surface area contributed by atoms with Crippen molar-refractivity contribution in [2.45, 2.75) is 13.2 Å². The van der Waals surface area contributed by atoms with E-state index < -0.39 is 11.7 Å². The van der Waals surface area contributed by atoms with Gasteiger partial charge < -0.3 is 29.4 Å². The maximum Gasteiger partial charge on any atom is 0.233 e. The van der Waals surface area contributed by atoms with Gasteiger partial charge in [-0.2, -0.15) is 5.26 Å². The summed E-state index contributed by atoms with van der Waals surface area (Å²) in [6.45, 7) is 4.32. The maximum atomic E-state index is 13.6. The van der Waals surface area contributed by atoms with Gasteiger partial charge in [-0.25, -0.2) is 19.3 Å². The Bertz CT molecular complexity index is 1290. The number of imidazole rings is 1. The lowest BCUT2D eigenvalue weighted by Crippen LogP contribution is -2.53. The van der Waals surface area contributed by atoms with Crippen LogP contribution in [0.5, 0.6) is 0 Å². The predicted molar refractivity (Wildman–Crippen MR) is 129 cm³/mol. The number of rotatable bonds is 6. The van der Waals surface area contributed by atoms with Crippen molar-refractivity contribution < 1.29 is 23.4 Å². The first kappa shape index (κ1) is 24.8. The summed E-state index contributed by atoms with van der Waals surface area (Å²) in [4.78, 5) is 31.4. The van der Waals surface area contributed by atoms with Gasteiger partial charge in [0.25, 0.3) is 0 Å². The molecule has 11 nitrogen and oxygen atoms in total. The van der Waals surface area contributed by atoms with E-state index in [1.54, 1.807) is 29.3 Å². The van der Waals surface area contributed by atoms with E-state index in [1.165, 1.54) is 12.1 Å². The molecule has 1 aromatic carbocycles. The highest BCUT2D eigenvalue weighted by Gasteiger charge is 2.43. The van der Waals surface area contributed by atoms with Crippen LogP contribution in [-0.2, 0) is 19.0 Å². The predicted octanol–water partition coefficient (Wildman–Crippen LogP) is 2.52. The maximum absolute atomic E-state index is 13.6. The summed E-state index contributed by atoms with van der Waals surface area (Å²) in [5, 5.41) is 11.7. The van der Waals surface area contributed by atoms with Crippen molar-refractivity contribution in [1.82, 2.24) is 24.8 Å². The van der Waals surface area contributed by atoms with Crippen LogP contribution in [0.1, 0.15) is 19.0 Å².